The molecule has 0 N–H and O–H groups in total. The van der Waals surface area contributed by atoms with Crippen LogP contribution in [-0.4, -0.2) is 24.3 Å². The summed E-state index contributed by atoms with van der Waals surface area (Å²) in [4.78, 5) is 17.3. The van der Waals surface area contributed by atoms with Crippen molar-refractivity contribution < 1.29 is 4.52 Å². The van der Waals surface area contributed by atoms with Crippen molar-refractivity contribution in [3.05, 3.63) is 95.4 Å². The summed E-state index contributed by atoms with van der Waals surface area (Å²) in [6.07, 6.45) is 3.42. The monoisotopic (exact) mass is 369 g/mol. The van der Waals surface area contributed by atoms with Crippen molar-refractivity contribution in [1.29, 1.82) is 0 Å². The van der Waals surface area contributed by atoms with E-state index in [4.69, 9.17) is 4.52 Å². The molecular formula is C21H15N5O2. The average Bonchev–Trinajstić information content (AvgIpc) is 3.39. The van der Waals surface area contributed by atoms with Gasteiger partial charge in [0.05, 0.1) is 5.69 Å². The highest BCUT2D eigenvalue weighted by molar-refractivity contribution is 5.65. The van der Waals surface area contributed by atoms with Crippen LogP contribution in [0, 0.1) is 0 Å². The van der Waals surface area contributed by atoms with Gasteiger partial charge in [0.25, 0.3) is 5.56 Å². The third-order valence-corrected chi connectivity index (χ3v) is 4.48. The molecule has 7 heteroatoms. The van der Waals surface area contributed by atoms with E-state index in [-0.39, 0.29) is 12.1 Å². The minimum absolute atomic E-state index is 0.170. The Morgan fingerprint density at radius 3 is 2.36 bits per heavy atom. The number of rotatable bonds is 4. The second-order valence-corrected chi connectivity index (χ2v) is 6.33. The number of aromatic nitrogens is 5. The Kier molecular flexibility index (Phi) is 3.83. The molecule has 3 heterocycles. The van der Waals surface area contributed by atoms with Crippen LogP contribution in [0.2, 0.25) is 0 Å². The Morgan fingerprint density at radius 1 is 0.893 bits per heavy atom. The van der Waals surface area contributed by atoms with Gasteiger partial charge in [-0.2, -0.15) is 10.1 Å². The Labute approximate surface area is 159 Å². The summed E-state index contributed by atoms with van der Waals surface area (Å²) in [6, 6.07) is 21.1. The summed E-state index contributed by atoms with van der Waals surface area (Å²) in [5, 5.41) is 8.49. The topological polar surface area (TPSA) is 78.2 Å². The van der Waals surface area contributed by atoms with Crippen molar-refractivity contribution in [3.8, 4) is 22.6 Å². The molecule has 0 radical (unpaired) electrons. The Bertz CT molecular complexity index is 1300. The quantitative estimate of drug-likeness (QED) is 0.486. The van der Waals surface area contributed by atoms with Crippen molar-refractivity contribution in [3.63, 3.8) is 0 Å². The predicted octanol–water partition coefficient (Wildman–Crippen LogP) is 3.26. The van der Waals surface area contributed by atoms with Gasteiger partial charge in [-0.3, -0.25) is 4.79 Å². The van der Waals surface area contributed by atoms with Crippen molar-refractivity contribution in [2.24, 2.45) is 0 Å². The second-order valence-electron chi connectivity index (χ2n) is 6.33. The molecule has 0 aliphatic heterocycles. The Hall–Kier alpha value is -4.00. The highest BCUT2D eigenvalue weighted by Gasteiger charge is 2.12. The van der Waals surface area contributed by atoms with Crippen molar-refractivity contribution >= 4 is 5.52 Å². The molecule has 0 aliphatic carbocycles. The van der Waals surface area contributed by atoms with Crippen LogP contribution in [0.4, 0.5) is 0 Å². The zero-order valence-corrected chi connectivity index (χ0v) is 14.8. The lowest BCUT2D eigenvalue weighted by molar-refractivity contribution is 0.370. The van der Waals surface area contributed by atoms with Crippen LogP contribution in [0.1, 0.15) is 5.89 Å². The van der Waals surface area contributed by atoms with E-state index in [1.54, 1.807) is 23.0 Å². The van der Waals surface area contributed by atoms with E-state index in [1.807, 2.05) is 60.7 Å². The van der Waals surface area contributed by atoms with E-state index < -0.39 is 0 Å². The fraction of sp³-hybridized carbons (Fsp3) is 0.0476. The first-order valence-electron chi connectivity index (χ1n) is 8.80. The number of hydrogen-bond donors (Lipinski definition) is 0. The third kappa shape index (κ3) is 2.88. The number of nitrogens with zero attached hydrogens (tertiary/aromatic N) is 5. The zero-order chi connectivity index (χ0) is 18.9. The van der Waals surface area contributed by atoms with E-state index in [2.05, 4.69) is 15.2 Å². The minimum atomic E-state index is -0.170. The smallest absolute Gasteiger partial charge is 0.277 e. The summed E-state index contributed by atoms with van der Waals surface area (Å²) in [7, 11) is 0. The molecule has 2 aromatic carbocycles. The van der Waals surface area contributed by atoms with Gasteiger partial charge >= 0.3 is 0 Å². The standard InChI is InChI=1S/C21H15N5O2/c27-21-18-13-17(15-7-3-1-4-8-15)23-26(18)12-11-25(21)14-19-22-20(24-28-19)16-9-5-2-6-10-16/h1-13H,14H2. The van der Waals surface area contributed by atoms with Gasteiger partial charge in [-0.25, -0.2) is 4.52 Å². The largest absolute Gasteiger partial charge is 0.337 e. The predicted molar refractivity (Wildman–Crippen MR) is 104 cm³/mol. The molecule has 3 aromatic heterocycles. The van der Waals surface area contributed by atoms with Gasteiger partial charge in [-0.05, 0) is 6.07 Å². The van der Waals surface area contributed by atoms with Crippen molar-refractivity contribution in [1.82, 2.24) is 24.3 Å². The van der Waals surface area contributed by atoms with E-state index in [1.165, 1.54) is 4.57 Å². The van der Waals surface area contributed by atoms with Gasteiger partial charge in [0.2, 0.25) is 11.7 Å². The van der Waals surface area contributed by atoms with Gasteiger partial charge in [0.15, 0.2) is 0 Å². The number of hydrogen-bond acceptors (Lipinski definition) is 5. The van der Waals surface area contributed by atoms with Crippen LogP contribution in [0.3, 0.4) is 0 Å². The molecule has 0 saturated heterocycles. The first-order chi connectivity index (χ1) is 13.8. The first-order valence-corrected chi connectivity index (χ1v) is 8.80. The zero-order valence-electron chi connectivity index (χ0n) is 14.8. The summed E-state index contributed by atoms with van der Waals surface area (Å²) >= 11 is 0. The lowest BCUT2D eigenvalue weighted by Crippen LogP contribution is -2.21. The van der Waals surface area contributed by atoms with E-state index in [9.17, 15) is 4.79 Å². The molecule has 0 fully saturated rings. The van der Waals surface area contributed by atoms with Crippen LogP contribution in [0.15, 0.2) is 88.4 Å². The normalized spacial score (nSPS) is 11.1. The molecule has 7 nitrogen and oxygen atoms in total. The number of benzene rings is 2. The molecule has 5 rings (SSSR count). The van der Waals surface area contributed by atoms with Crippen LogP contribution in [0.5, 0.6) is 0 Å². The summed E-state index contributed by atoms with van der Waals surface area (Å²) in [5.74, 6) is 0.869. The van der Waals surface area contributed by atoms with Gasteiger partial charge in [-0.1, -0.05) is 65.8 Å². The fourth-order valence-electron chi connectivity index (χ4n) is 3.07. The molecular weight excluding hydrogens is 354 g/mol. The van der Waals surface area contributed by atoms with Crippen LogP contribution < -0.4 is 5.56 Å². The van der Waals surface area contributed by atoms with Crippen LogP contribution >= 0.6 is 0 Å². The minimum Gasteiger partial charge on any atom is -0.337 e. The molecule has 0 unspecified atom stereocenters. The number of fused-ring (bicyclic) bond motifs is 1. The lowest BCUT2D eigenvalue weighted by Gasteiger charge is -2.01. The lowest BCUT2D eigenvalue weighted by atomic mass is 10.1. The van der Waals surface area contributed by atoms with Crippen molar-refractivity contribution in [2.45, 2.75) is 6.54 Å². The molecule has 0 bridgehead atoms. The summed E-state index contributed by atoms with van der Waals surface area (Å²) < 4.78 is 8.44. The molecule has 5 aromatic rings. The van der Waals surface area contributed by atoms with Crippen LogP contribution in [-0.2, 0) is 6.54 Å². The molecule has 0 amide bonds. The molecule has 28 heavy (non-hydrogen) atoms. The van der Waals surface area contributed by atoms with Gasteiger partial charge < -0.3 is 9.09 Å². The van der Waals surface area contributed by atoms with Crippen molar-refractivity contribution in [2.75, 3.05) is 0 Å². The van der Waals surface area contributed by atoms with E-state index in [0.29, 0.717) is 17.2 Å². The Morgan fingerprint density at radius 2 is 1.61 bits per heavy atom. The molecule has 136 valence electrons. The van der Waals surface area contributed by atoms with E-state index in [0.717, 1.165) is 16.8 Å². The molecule has 0 atom stereocenters. The van der Waals surface area contributed by atoms with Crippen LogP contribution in [0.25, 0.3) is 28.2 Å². The highest BCUT2D eigenvalue weighted by Crippen LogP contribution is 2.18. The summed E-state index contributed by atoms with van der Waals surface area (Å²) in [5.41, 5.74) is 2.89. The maximum absolute atomic E-state index is 12.9. The highest BCUT2D eigenvalue weighted by atomic mass is 16.5. The first kappa shape index (κ1) is 16.2. The molecule has 0 saturated carbocycles. The van der Waals surface area contributed by atoms with Gasteiger partial charge in [-0.15, -0.1) is 0 Å². The second kappa shape index (κ2) is 6.62. The Balaban J connectivity index is 1.48. The fourth-order valence-corrected chi connectivity index (χ4v) is 3.07. The summed E-state index contributed by atoms with van der Waals surface area (Å²) in [6.45, 7) is 0.195. The van der Waals surface area contributed by atoms with Gasteiger partial charge in [0, 0.05) is 23.5 Å². The SMILES string of the molecule is O=c1c2cc(-c3ccccc3)nn2ccn1Cc1nc(-c2ccccc2)no1. The maximum Gasteiger partial charge on any atom is 0.277 e. The van der Waals surface area contributed by atoms with E-state index >= 15 is 0 Å². The third-order valence-electron chi connectivity index (χ3n) is 4.48. The average molecular weight is 369 g/mol. The molecule has 0 spiro atoms. The van der Waals surface area contributed by atoms with Gasteiger partial charge in [0.1, 0.15) is 12.1 Å². The molecule has 0 aliphatic rings. The maximum atomic E-state index is 12.9.